The lowest BCUT2D eigenvalue weighted by molar-refractivity contribution is -0.146. The predicted molar refractivity (Wildman–Crippen MR) is 157 cm³/mol. The van der Waals surface area contributed by atoms with Gasteiger partial charge in [-0.1, -0.05) is 41.9 Å². The van der Waals surface area contributed by atoms with E-state index in [1.165, 1.54) is 22.6 Å². The number of aliphatic hydroxyl groups is 1. The molecule has 0 spiro atoms. The van der Waals surface area contributed by atoms with Gasteiger partial charge in [0.15, 0.2) is 6.10 Å². The molecule has 4 N–H and O–H groups in total. The molecule has 12 heteroatoms. The molecule has 1 atom stereocenters. The summed E-state index contributed by atoms with van der Waals surface area (Å²) in [5.74, 6) is -2.07. The molecule has 0 fully saturated rings. The molecule has 0 saturated carbocycles. The van der Waals surface area contributed by atoms with Crippen molar-refractivity contribution in [3.63, 3.8) is 0 Å². The molecule has 8 nitrogen and oxygen atoms in total. The van der Waals surface area contributed by atoms with Gasteiger partial charge in [-0.15, -0.1) is 0 Å². The molecule has 1 aliphatic rings. The SMILES string of the molecule is O=C(NCC(O)C(=O)O)c1ccc(CN(C(=O)Nc2cc(C(F)(F)F)ccc2Cl)c2ccc(C3=CCCCC3)cc2)cc1. The molecule has 4 rings (SSSR count). The van der Waals surface area contributed by atoms with Gasteiger partial charge in [-0.05, 0) is 84.8 Å². The summed E-state index contributed by atoms with van der Waals surface area (Å²) in [6.07, 6.45) is -0.0101. The third-order valence-corrected chi connectivity index (χ3v) is 7.25. The molecule has 0 heterocycles. The molecular formula is C31H29ClF3N3O5. The molecule has 0 aliphatic heterocycles. The van der Waals surface area contributed by atoms with Crippen LogP contribution in [0, 0.1) is 0 Å². The van der Waals surface area contributed by atoms with E-state index in [4.69, 9.17) is 16.7 Å². The van der Waals surface area contributed by atoms with Crippen molar-refractivity contribution >= 4 is 46.5 Å². The Kier molecular flexibility index (Phi) is 10.1. The Hall–Kier alpha value is -4.35. The number of benzene rings is 3. The number of allylic oxidation sites excluding steroid dienone is 2. The fourth-order valence-electron chi connectivity index (χ4n) is 4.54. The zero-order valence-electron chi connectivity index (χ0n) is 22.8. The number of carboxylic acid groups (broad SMARTS) is 1. The maximum Gasteiger partial charge on any atom is 0.416 e. The monoisotopic (exact) mass is 615 g/mol. The normalized spacial score (nSPS) is 13.9. The summed E-state index contributed by atoms with van der Waals surface area (Å²) in [4.78, 5) is 38.0. The highest BCUT2D eigenvalue weighted by molar-refractivity contribution is 6.33. The van der Waals surface area contributed by atoms with Crippen LogP contribution in [-0.2, 0) is 17.5 Å². The van der Waals surface area contributed by atoms with E-state index in [-0.39, 0.29) is 22.8 Å². The number of urea groups is 1. The van der Waals surface area contributed by atoms with Gasteiger partial charge in [-0.25, -0.2) is 9.59 Å². The summed E-state index contributed by atoms with van der Waals surface area (Å²) in [6, 6.07) is 15.3. The van der Waals surface area contributed by atoms with Crippen molar-refractivity contribution in [2.45, 2.75) is 44.5 Å². The lowest BCUT2D eigenvalue weighted by Gasteiger charge is -2.25. The standard InChI is InChI=1S/C31H29ClF3N3O5/c32-25-15-12-23(31(33,34)35)16-26(25)37-30(43)38(24-13-10-21(11-14-24)20-4-2-1-3-5-20)18-19-6-8-22(9-7-19)28(40)36-17-27(39)29(41)42/h4,6-16,27,39H,1-3,5,17-18H2,(H,36,40)(H,37,43)(H,41,42). The molecule has 1 unspecified atom stereocenters. The van der Waals surface area contributed by atoms with Crippen molar-refractivity contribution in [3.05, 3.63) is 100 Å². The zero-order valence-corrected chi connectivity index (χ0v) is 23.6. The summed E-state index contributed by atoms with van der Waals surface area (Å²) in [5, 5.41) is 22.9. The van der Waals surface area contributed by atoms with Crippen molar-refractivity contribution in [3.8, 4) is 0 Å². The Labute approximate surface area is 250 Å². The Morgan fingerprint density at radius 3 is 2.28 bits per heavy atom. The number of amides is 3. The molecule has 0 aromatic heterocycles. The van der Waals surface area contributed by atoms with Crippen LogP contribution >= 0.6 is 11.6 Å². The van der Waals surface area contributed by atoms with Crippen LogP contribution in [0.3, 0.4) is 0 Å². The summed E-state index contributed by atoms with van der Waals surface area (Å²) >= 11 is 6.12. The average Bonchev–Trinajstić information content (AvgIpc) is 2.99. The maximum atomic E-state index is 13.5. The molecular weight excluding hydrogens is 587 g/mol. The van der Waals surface area contributed by atoms with Crippen LogP contribution in [0.2, 0.25) is 5.02 Å². The lowest BCUT2D eigenvalue weighted by atomic mass is 9.93. The van der Waals surface area contributed by atoms with E-state index in [9.17, 15) is 32.7 Å². The van der Waals surface area contributed by atoms with Gasteiger partial charge in [0, 0.05) is 11.3 Å². The summed E-state index contributed by atoms with van der Waals surface area (Å²) in [6.45, 7) is -0.487. The number of carboxylic acids is 1. The highest BCUT2D eigenvalue weighted by atomic mass is 35.5. The first-order valence-corrected chi connectivity index (χ1v) is 13.8. The summed E-state index contributed by atoms with van der Waals surface area (Å²) < 4.78 is 39.9. The van der Waals surface area contributed by atoms with Crippen LogP contribution < -0.4 is 15.5 Å². The predicted octanol–water partition coefficient (Wildman–Crippen LogP) is 6.73. The minimum atomic E-state index is -4.63. The number of halogens is 4. The van der Waals surface area contributed by atoms with Gasteiger partial charge >= 0.3 is 18.2 Å². The highest BCUT2D eigenvalue weighted by Crippen LogP contribution is 2.34. The third-order valence-electron chi connectivity index (χ3n) is 6.92. The first-order valence-electron chi connectivity index (χ1n) is 13.4. The van der Waals surface area contributed by atoms with Gasteiger partial charge in [0.2, 0.25) is 0 Å². The van der Waals surface area contributed by atoms with Gasteiger partial charge in [0.25, 0.3) is 5.91 Å². The molecule has 0 saturated heterocycles. The smallest absolute Gasteiger partial charge is 0.416 e. The van der Waals surface area contributed by atoms with E-state index in [1.54, 1.807) is 24.3 Å². The Morgan fingerprint density at radius 2 is 1.67 bits per heavy atom. The molecule has 3 aromatic rings. The quantitative estimate of drug-likeness (QED) is 0.213. The summed E-state index contributed by atoms with van der Waals surface area (Å²) in [7, 11) is 0. The van der Waals surface area contributed by atoms with Crippen LogP contribution in [0.15, 0.2) is 72.8 Å². The van der Waals surface area contributed by atoms with Crippen LogP contribution in [0.4, 0.5) is 29.3 Å². The Bertz CT molecular complexity index is 1510. The molecule has 3 aromatic carbocycles. The number of nitrogens with one attached hydrogen (secondary N) is 2. The van der Waals surface area contributed by atoms with Gasteiger partial charge in [-0.3, -0.25) is 9.69 Å². The number of rotatable bonds is 9. The second-order valence-electron chi connectivity index (χ2n) is 9.99. The summed E-state index contributed by atoms with van der Waals surface area (Å²) in [5.41, 5.74) is 2.33. The van der Waals surface area contributed by atoms with Crippen LogP contribution in [-0.4, -0.2) is 40.8 Å². The molecule has 0 bridgehead atoms. The van der Waals surface area contributed by atoms with E-state index < -0.39 is 42.3 Å². The highest BCUT2D eigenvalue weighted by Gasteiger charge is 2.31. The van der Waals surface area contributed by atoms with Crippen molar-refractivity contribution in [1.29, 1.82) is 0 Å². The van der Waals surface area contributed by atoms with Gasteiger partial charge < -0.3 is 20.8 Å². The van der Waals surface area contributed by atoms with Crippen molar-refractivity contribution in [2.75, 3.05) is 16.8 Å². The van der Waals surface area contributed by atoms with Crippen molar-refractivity contribution in [1.82, 2.24) is 5.32 Å². The van der Waals surface area contributed by atoms with Crippen molar-refractivity contribution < 1.29 is 37.8 Å². The van der Waals surface area contributed by atoms with E-state index >= 15 is 0 Å². The Morgan fingerprint density at radius 1 is 0.977 bits per heavy atom. The van der Waals surface area contributed by atoms with Crippen LogP contribution in [0.25, 0.3) is 5.57 Å². The van der Waals surface area contributed by atoms with Crippen LogP contribution in [0.5, 0.6) is 0 Å². The molecule has 43 heavy (non-hydrogen) atoms. The minimum absolute atomic E-state index is 0.00984. The van der Waals surface area contributed by atoms with Crippen molar-refractivity contribution in [2.24, 2.45) is 0 Å². The fraction of sp³-hybridized carbons (Fsp3) is 0.258. The topological polar surface area (TPSA) is 119 Å². The van der Waals surface area contributed by atoms with Crippen LogP contribution in [0.1, 0.15) is 52.7 Å². The first kappa shape index (κ1) is 31.6. The zero-order chi connectivity index (χ0) is 31.1. The number of hydrogen-bond acceptors (Lipinski definition) is 4. The number of carbonyl (C=O) groups excluding carboxylic acids is 2. The molecule has 0 radical (unpaired) electrons. The van der Waals surface area contributed by atoms with Gasteiger partial charge in [-0.2, -0.15) is 13.2 Å². The van der Waals surface area contributed by atoms with E-state index in [1.807, 2.05) is 12.1 Å². The number of hydrogen-bond donors (Lipinski definition) is 4. The number of aliphatic hydroxyl groups excluding tert-OH is 1. The second kappa shape index (κ2) is 13.7. The molecule has 3 amide bonds. The largest absolute Gasteiger partial charge is 0.479 e. The number of carbonyl (C=O) groups is 3. The molecule has 226 valence electrons. The maximum absolute atomic E-state index is 13.5. The number of nitrogens with zero attached hydrogens (tertiary/aromatic N) is 1. The number of alkyl halides is 3. The van der Waals surface area contributed by atoms with E-state index in [0.717, 1.165) is 49.4 Å². The third kappa shape index (κ3) is 8.36. The molecule has 1 aliphatic carbocycles. The van der Waals surface area contributed by atoms with Gasteiger partial charge in [0.1, 0.15) is 0 Å². The van der Waals surface area contributed by atoms with E-state index in [2.05, 4.69) is 16.7 Å². The lowest BCUT2D eigenvalue weighted by Crippen LogP contribution is -2.36. The number of anilines is 2. The Balaban J connectivity index is 1.58. The first-order chi connectivity index (χ1) is 20.4. The number of aliphatic carboxylic acids is 1. The average molecular weight is 616 g/mol. The minimum Gasteiger partial charge on any atom is -0.479 e. The van der Waals surface area contributed by atoms with Gasteiger partial charge in [0.05, 0.1) is 29.4 Å². The van der Waals surface area contributed by atoms with E-state index in [0.29, 0.717) is 11.3 Å². The second-order valence-corrected chi connectivity index (χ2v) is 10.4. The fourth-order valence-corrected chi connectivity index (χ4v) is 4.70.